The van der Waals surface area contributed by atoms with Gasteiger partial charge in [0.25, 0.3) is 11.7 Å². The van der Waals surface area contributed by atoms with Crippen LogP contribution in [0, 0.1) is 0 Å². The van der Waals surface area contributed by atoms with Gasteiger partial charge in [-0.2, -0.15) is 0 Å². The number of rotatable bonds is 4. The van der Waals surface area contributed by atoms with Crippen molar-refractivity contribution in [3.63, 3.8) is 0 Å². The average molecular weight is 398 g/mol. The summed E-state index contributed by atoms with van der Waals surface area (Å²) in [6, 6.07) is 15.2. The Morgan fingerprint density at radius 1 is 1.11 bits per heavy atom. The summed E-state index contributed by atoms with van der Waals surface area (Å²) in [5.41, 5.74) is 1.31. The highest BCUT2D eigenvalue weighted by Gasteiger charge is 2.46. The van der Waals surface area contributed by atoms with Crippen molar-refractivity contribution in [2.24, 2.45) is 0 Å². The molecule has 6 heteroatoms. The number of amides is 1. The van der Waals surface area contributed by atoms with Crippen LogP contribution in [0.25, 0.3) is 5.76 Å². The summed E-state index contributed by atoms with van der Waals surface area (Å²) in [7, 11) is 0. The number of likely N-dealkylation sites (tertiary alicyclic amines) is 1. The number of hydrogen-bond acceptors (Lipinski definition) is 4. The predicted molar refractivity (Wildman–Crippen MR) is 106 cm³/mol. The third kappa shape index (κ3) is 3.43. The molecule has 0 unspecified atom stereocenters. The topological polar surface area (TPSA) is 66.8 Å². The van der Waals surface area contributed by atoms with Crippen molar-refractivity contribution < 1.29 is 19.4 Å². The highest BCUT2D eigenvalue weighted by molar-refractivity contribution is 6.46. The summed E-state index contributed by atoms with van der Waals surface area (Å²) in [5, 5.41) is 11.4. The molecule has 2 aromatic carbocycles. The molecule has 5 nitrogen and oxygen atoms in total. The summed E-state index contributed by atoms with van der Waals surface area (Å²) in [4.78, 5) is 27.2. The van der Waals surface area contributed by atoms with Crippen LogP contribution in [0.3, 0.4) is 0 Å². The molecule has 28 heavy (non-hydrogen) atoms. The second kappa shape index (κ2) is 7.78. The molecule has 0 aliphatic carbocycles. The number of aliphatic hydroxyl groups excluding tert-OH is 1. The highest BCUT2D eigenvalue weighted by atomic mass is 35.5. The number of nitrogens with zero attached hydrogens (tertiary/aromatic N) is 1. The van der Waals surface area contributed by atoms with Crippen LogP contribution in [0.15, 0.2) is 60.2 Å². The van der Waals surface area contributed by atoms with Gasteiger partial charge in [0.2, 0.25) is 0 Å². The molecule has 0 aromatic heterocycles. The molecule has 2 fully saturated rings. The molecular weight excluding hydrogens is 378 g/mol. The first-order chi connectivity index (χ1) is 13.6. The third-order valence-electron chi connectivity index (χ3n) is 5.20. The summed E-state index contributed by atoms with van der Waals surface area (Å²) >= 11 is 5.93. The molecule has 144 valence electrons. The molecule has 0 bridgehead atoms. The Hall–Kier alpha value is -2.63. The predicted octanol–water partition coefficient (Wildman–Crippen LogP) is 3.94. The van der Waals surface area contributed by atoms with Gasteiger partial charge in [0.15, 0.2) is 0 Å². The Morgan fingerprint density at radius 3 is 2.46 bits per heavy atom. The van der Waals surface area contributed by atoms with Crippen LogP contribution in [0.5, 0.6) is 0 Å². The second-order valence-corrected chi connectivity index (χ2v) is 7.44. The molecule has 2 aromatic rings. The molecule has 2 atom stereocenters. The van der Waals surface area contributed by atoms with Crippen molar-refractivity contribution >= 4 is 29.1 Å². The lowest BCUT2D eigenvalue weighted by molar-refractivity contribution is -0.140. The van der Waals surface area contributed by atoms with Gasteiger partial charge in [0, 0.05) is 23.7 Å². The average Bonchev–Trinajstić information content (AvgIpc) is 3.31. The fourth-order valence-corrected chi connectivity index (χ4v) is 3.95. The Labute approximate surface area is 168 Å². The van der Waals surface area contributed by atoms with E-state index in [0.717, 1.165) is 18.4 Å². The maximum Gasteiger partial charge on any atom is 0.295 e. The van der Waals surface area contributed by atoms with Crippen molar-refractivity contribution in [1.82, 2.24) is 4.90 Å². The second-order valence-electron chi connectivity index (χ2n) is 7.00. The number of Topliss-reactive ketones (excluding diaryl/α,β-unsaturated/α-hetero) is 1. The maximum atomic E-state index is 12.9. The monoisotopic (exact) mass is 397 g/mol. The largest absolute Gasteiger partial charge is 0.507 e. The van der Waals surface area contributed by atoms with E-state index in [1.165, 1.54) is 4.90 Å². The number of halogens is 1. The summed E-state index contributed by atoms with van der Waals surface area (Å²) in [5.74, 6) is -1.49. The van der Waals surface area contributed by atoms with E-state index in [0.29, 0.717) is 23.7 Å². The lowest BCUT2D eigenvalue weighted by Crippen LogP contribution is -2.36. The number of carbonyl (C=O) groups is 2. The fourth-order valence-electron chi connectivity index (χ4n) is 3.82. The molecule has 0 spiro atoms. The smallest absolute Gasteiger partial charge is 0.295 e. The van der Waals surface area contributed by atoms with Gasteiger partial charge in [-0.3, -0.25) is 9.59 Å². The summed E-state index contributed by atoms with van der Waals surface area (Å²) in [6.45, 7) is 0.983. The highest BCUT2D eigenvalue weighted by Crippen LogP contribution is 2.40. The van der Waals surface area contributed by atoms with Crippen molar-refractivity contribution in [2.45, 2.75) is 25.0 Å². The van der Waals surface area contributed by atoms with E-state index in [4.69, 9.17) is 16.3 Å². The summed E-state index contributed by atoms with van der Waals surface area (Å²) < 4.78 is 5.68. The standard InChI is InChI=1S/C22H20ClNO4/c23-16-10-8-15(9-11-16)20(25)18-19(14-5-2-1-3-6-14)24(22(27)21(18)26)13-17-7-4-12-28-17/h1-3,5-6,8-11,17,19,25H,4,7,12-13H2/b20-18+/t17-,19-/m1/s1. The molecule has 2 saturated heterocycles. The van der Waals surface area contributed by atoms with Crippen molar-refractivity contribution in [1.29, 1.82) is 0 Å². The first kappa shape index (κ1) is 18.7. The lowest BCUT2D eigenvalue weighted by Gasteiger charge is -2.27. The van der Waals surface area contributed by atoms with Gasteiger partial charge in [0.1, 0.15) is 5.76 Å². The summed E-state index contributed by atoms with van der Waals surface area (Å²) in [6.07, 6.45) is 1.69. The van der Waals surface area contributed by atoms with Crippen LogP contribution in [-0.4, -0.2) is 41.0 Å². The van der Waals surface area contributed by atoms with Gasteiger partial charge in [0.05, 0.1) is 17.7 Å². The Kier molecular flexibility index (Phi) is 5.20. The number of aliphatic hydroxyl groups is 1. The van der Waals surface area contributed by atoms with Crippen LogP contribution in [0.1, 0.15) is 30.0 Å². The zero-order valence-corrected chi connectivity index (χ0v) is 15.9. The van der Waals surface area contributed by atoms with E-state index >= 15 is 0 Å². The number of ether oxygens (including phenoxy) is 1. The first-order valence-corrected chi connectivity index (χ1v) is 9.65. The van der Waals surface area contributed by atoms with E-state index in [-0.39, 0.29) is 17.4 Å². The van der Waals surface area contributed by atoms with Gasteiger partial charge in [-0.25, -0.2) is 0 Å². The third-order valence-corrected chi connectivity index (χ3v) is 5.45. The number of benzene rings is 2. The molecule has 0 radical (unpaired) electrons. The quantitative estimate of drug-likeness (QED) is 0.482. The molecule has 2 heterocycles. The van der Waals surface area contributed by atoms with Gasteiger partial charge in [-0.05, 0) is 42.7 Å². The zero-order valence-electron chi connectivity index (χ0n) is 15.2. The minimum absolute atomic E-state index is 0.0940. The van der Waals surface area contributed by atoms with E-state index < -0.39 is 17.7 Å². The van der Waals surface area contributed by atoms with Crippen LogP contribution in [0.2, 0.25) is 5.02 Å². The Bertz CT molecular complexity index is 917. The van der Waals surface area contributed by atoms with Crippen molar-refractivity contribution in [3.8, 4) is 0 Å². The Balaban J connectivity index is 1.80. The molecule has 1 amide bonds. The molecular formula is C22H20ClNO4. The number of carbonyl (C=O) groups excluding carboxylic acids is 2. The van der Waals surface area contributed by atoms with E-state index in [1.807, 2.05) is 30.3 Å². The first-order valence-electron chi connectivity index (χ1n) is 9.27. The molecule has 0 saturated carbocycles. The van der Waals surface area contributed by atoms with Crippen LogP contribution >= 0.6 is 11.6 Å². The van der Waals surface area contributed by atoms with Crippen molar-refractivity contribution in [2.75, 3.05) is 13.2 Å². The van der Waals surface area contributed by atoms with Gasteiger partial charge in [-0.1, -0.05) is 41.9 Å². The zero-order chi connectivity index (χ0) is 19.7. The Morgan fingerprint density at radius 2 is 1.82 bits per heavy atom. The van der Waals surface area contributed by atoms with Gasteiger partial charge < -0.3 is 14.7 Å². The minimum Gasteiger partial charge on any atom is -0.507 e. The minimum atomic E-state index is -0.681. The number of ketones is 1. The lowest BCUT2D eigenvalue weighted by atomic mass is 9.95. The SMILES string of the molecule is O=C1C(=O)N(C[C@H]2CCCO2)[C@H](c2ccccc2)/C1=C(\O)c1ccc(Cl)cc1. The van der Waals surface area contributed by atoms with Crippen LogP contribution in [-0.2, 0) is 14.3 Å². The van der Waals surface area contributed by atoms with E-state index in [1.54, 1.807) is 24.3 Å². The normalized spacial score (nSPS) is 24.1. The molecule has 4 rings (SSSR count). The van der Waals surface area contributed by atoms with Gasteiger partial charge >= 0.3 is 0 Å². The van der Waals surface area contributed by atoms with Crippen LogP contribution in [0.4, 0.5) is 0 Å². The molecule has 2 aliphatic heterocycles. The molecule has 2 aliphatic rings. The fraction of sp³-hybridized carbons (Fsp3) is 0.273. The van der Waals surface area contributed by atoms with Crippen LogP contribution < -0.4 is 0 Å². The van der Waals surface area contributed by atoms with E-state index in [9.17, 15) is 14.7 Å². The van der Waals surface area contributed by atoms with Gasteiger partial charge in [-0.15, -0.1) is 0 Å². The van der Waals surface area contributed by atoms with Crippen molar-refractivity contribution in [3.05, 3.63) is 76.3 Å². The maximum absolute atomic E-state index is 12.9. The number of hydrogen-bond donors (Lipinski definition) is 1. The molecule has 1 N–H and O–H groups in total. The van der Waals surface area contributed by atoms with E-state index in [2.05, 4.69) is 0 Å².